The highest BCUT2D eigenvalue weighted by molar-refractivity contribution is 5.85. The van der Waals surface area contributed by atoms with Gasteiger partial charge < -0.3 is 9.84 Å². The molecular weight excluding hydrogens is 269 g/mol. The second-order valence-electron chi connectivity index (χ2n) is 4.82. The third kappa shape index (κ3) is 2.71. The van der Waals surface area contributed by atoms with Crippen molar-refractivity contribution in [3.8, 4) is 11.5 Å². The van der Waals surface area contributed by atoms with Crippen molar-refractivity contribution in [1.82, 2.24) is 4.98 Å². The van der Waals surface area contributed by atoms with Gasteiger partial charge in [0.05, 0.1) is 17.8 Å². The molecule has 0 atom stereocenters. The number of hydrogen-bond acceptors (Lipinski definition) is 3. The molecule has 1 N–H and O–H groups in total. The van der Waals surface area contributed by atoms with Gasteiger partial charge in [0.15, 0.2) is 11.6 Å². The van der Waals surface area contributed by atoms with Crippen molar-refractivity contribution in [3.05, 3.63) is 65.6 Å². The number of aromatic nitrogens is 1. The number of hydrogen-bond donors (Lipinski definition) is 1. The van der Waals surface area contributed by atoms with Gasteiger partial charge in [0.1, 0.15) is 5.75 Å². The highest BCUT2D eigenvalue weighted by Crippen LogP contribution is 2.31. The number of pyridine rings is 1. The van der Waals surface area contributed by atoms with Gasteiger partial charge in [-0.15, -0.1) is 0 Å². The summed E-state index contributed by atoms with van der Waals surface area (Å²) in [5.41, 5.74) is 2.09. The second kappa shape index (κ2) is 5.50. The monoisotopic (exact) mass is 283 g/mol. The van der Waals surface area contributed by atoms with Crippen molar-refractivity contribution in [2.45, 2.75) is 13.5 Å². The van der Waals surface area contributed by atoms with Gasteiger partial charge in [0.2, 0.25) is 0 Å². The molecule has 1 heterocycles. The standard InChI is InChI=1S/C17H14FNO2/c1-11-6-7-14(18)17(8-11)21-16-9-12(10-20)19-15-5-3-2-4-13(15)16/h2-9,20H,10H2,1H3. The maximum absolute atomic E-state index is 13.8. The maximum Gasteiger partial charge on any atom is 0.165 e. The number of ether oxygens (including phenoxy) is 1. The summed E-state index contributed by atoms with van der Waals surface area (Å²) in [4.78, 5) is 4.31. The normalized spacial score (nSPS) is 10.8. The minimum absolute atomic E-state index is 0.162. The molecule has 0 aliphatic carbocycles. The molecule has 0 bridgehead atoms. The first-order valence-corrected chi connectivity index (χ1v) is 6.61. The number of rotatable bonds is 3. The van der Waals surface area contributed by atoms with E-state index in [1.54, 1.807) is 18.2 Å². The number of fused-ring (bicyclic) bond motifs is 1. The Kier molecular flexibility index (Phi) is 3.54. The van der Waals surface area contributed by atoms with Crippen molar-refractivity contribution >= 4 is 10.9 Å². The third-order valence-corrected chi connectivity index (χ3v) is 3.20. The van der Waals surface area contributed by atoms with Crippen molar-refractivity contribution in [1.29, 1.82) is 0 Å². The molecule has 0 saturated heterocycles. The number of para-hydroxylation sites is 1. The lowest BCUT2D eigenvalue weighted by atomic mass is 10.1. The number of benzene rings is 2. The lowest BCUT2D eigenvalue weighted by Crippen LogP contribution is -1.95. The first-order valence-electron chi connectivity index (χ1n) is 6.61. The predicted molar refractivity (Wildman–Crippen MR) is 78.9 cm³/mol. The molecule has 2 aromatic carbocycles. The SMILES string of the molecule is Cc1ccc(F)c(Oc2cc(CO)nc3ccccc23)c1. The quantitative estimate of drug-likeness (QED) is 0.791. The first-order chi connectivity index (χ1) is 10.2. The van der Waals surface area contributed by atoms with Gasteiger partial charge in [-0.2, -0.15) is 0 Å². The van der Waals surface area contributed by atoms with Gasteiger partial charge in [-0.05, 0) is 36.8 Å². The maximum atomic E-state index is 13.8. The van der Waals surface area contributed by atoms with E-state index in [2.05, 4.69) is 4.98 Å². The zero-order valence-corrected chi connectivity index (χ0v) is 11.5. The minimum atomic E-state index is -0.424. The fourth-order valence-corrected chi connectivity index (χ4v) is 2.17. The zero-order chi connectivity index (χ0) is 14.8. The molecule has 0 amide bonds. The molecule has 106 valence electrons. The summed E-state index contributed by atoms with van der Waals surface area (Å²) >= 11 is 0. The van der Waals surface area contributed by atoms with Crippen LogP contribution < -0.4 is 4.74 Å². The van der Waals surface area contributed by atoms with Gasteiger partial charge in [-0.25, -0.2) is 4.39 Å². The van der Waals surface area contributed by atoms with Crippen LogP contribution in [0.15, 0.2) is 48.5 Å². The van der Waals surface area contributed by atoms with Gasteiger partial charge in [0.25, 0.3) is 0 Å². The van der Waals surface area contributed by atoms with Gasteiger partial charge in [-0.3, -0.25) is 4.98 Å². The summed E-state index contributed by atoms with van der Waals surface area (Å²) in [5.74, 6) is 0.219. The van der Waals surface area contributed by atoms with E-state index in [1.807, 2.05) is 31.2 Å². The fourth-order valence-electron chi connectivity index (χ4n) is 2.17. The number of halogens is 1. The van der Waals surface area contributed by atoms with Gasteiger partial charge >= 0.3 is 0 Å². The molecule has 0 unspecified atom stereocenters. The van der Waals surface area contributed by atoms with Crippen molar-refractivity contribution < 1.29 is 14.2 Å². The molecule has 0 radical (unpaired) electrons. The molecule has 3 nitrogen and oxygen atoms in total. The first kappa shape index (κ1) is 13.5. The average molecular weight is 283 g/mol. The summed E-state index contributed by atoms with van der Waals surface area (Å²) in [6, 6.07) is 13.7. The number of nitrogens with zero attached hydrogens (tertiary/aromatic N) is 1. The molecule has 0 spiro atoms. The highest BCUT2D eigenvalue weighted by atomic mass is 19.1. The average Bonchev–Trinajstić information content (AvgIpc) is 2.50. The molecule has 4 heteroatoms. The van der Waals surface area contributed by atoms with E-state index in [1.165, 1.54) is 6.07 Å². The largest absolute Gasteiger partial charge is 0.453 e. The smallest absolute Gasteiger partial charge is 0.165 e. The van der Waals surface area contributed by atoms with E-state index in [0.29, 0.717) is 17.0 Å². The molecule has 3 rings (SSSR count). The molecule has 3 aromatic rings. The predicted octanol–water partition coefficient (Wildman–Crippen LogP) is 3.97. The Morgan fingerprint density at radius 1 is 1.10 bits per heavy atom. The van der Waals surface area contributed by atoms with E-state index < -0.39 is 5.82 Å². The van der Waals surface area contributed by atoms with Gasteiger partial charge in [-0.1, -0.05) is 18.2 Å². The van der Waals surface area contributed by atoms with Crippen LogP contribution in [0.25, 0.3) is 10.9 Å². The summed E-state index contributed by atoms with van der Waals surface area (Å²) in [6.07, 6.45) is 0. The summed E-state index contributed by atoms with van der Waals surface area (Å²) in [5, 5.41) is 10.1. The van der Waals surface area contributed by atoms with E-state index in [-0.39, 0.29) is 12.4 Å². The fraction of sp³-hybridized carbons (Fsp3) is 0.118. The minimum Gasteiger partial charge on any atom is -0.453 e. The third-order valence-electron chi connectivity index (χ3n) is 3.20. The summed E-state index contributed by atoms with van der Waals surface area (Å²) < 4.78 is 19.6. The van der Waals surface area contributed by atoms with Crippen LogP contribution in [0.1, 0.15) is 11.3 Å². The molecule has 21 heavy (non-hydrogen) atoms. The van der Waals surface area contributed by atoms with Crippen LogP contribution in [0.5, 0.6) is 11.5 Å². The van der Waals surface area contributed by atoms with Crippen LogP contribution in [0, 0.1) is 12.7 Å². The molecule has 0 aliphatic heterocycles. The van der Waals surface area contributed by atoms with Crippen molar-refractivity contribution in [2.75, 3.05) is 0 Å². The van der Waals surface area contributed by atoms with Crippen LogP contribution in [0.4, 0.5) is 4.39 Å². The van der Waals surface area contributed by atoms with E-state index in [0.717, 1.165) is 10.9 Å². The van der Waals surface area contributed by atoms with Gasteiger partial charge in [0, 0.05) is 11.5 Å². The lowest BCUT2D eigenvalue weighted by molar-refractivity contribution is 0.276. The molecule has 0 aliphatic rings. The second-order valence-corrected chi connectivity index (χ2v) is 4.82. The zero-order valence-electron chi connectivity index (χ0n) is 11.5. The Hall–Kier alpha value is -2.46. The molecular formula is C17H14FNO2. The Labute approximate surface area is 121 Å². The van der Waals surface area contributed by atoms with E-state index in [9.17, 15) is 9.50 Å². The van der Waals surface area contributed by atoms with Crippen LogP contribution in [-0.2, 0) is 6.61 Å². The number of aryl methyl sites for hydroxylation is 1. The van der Waals surface area contributed by atoms with Crippen LogP contribution in [0.2, 0.25) is 0 Å². The summed E-state index contributed by atoms with van der Waals surface area (Å²) in [7, 11) is 0. The number of aliphatic hydroxyl groups is 1. The Morgan fingerprint density at radius 2 is 1.90 bits per heavy atom. The Balaban J connectivity index is 2.13. The highest BCUT2D eigenvalue weighted by Gasteiger charge is 2.10. The molecule has 0 saturated carbocycles. The molecule has 1 aromatic heterocycles. The van der Waals surface area contributed by atoms with E-state index >= 15 is 0 Å². The Morgan fingerprint density at radius 3 is 2.71 bits per heavy atom. The summed E-state index contributed by atoms with van der Waals surface area (Å²) in [6.45, 7) is 1.67. The van der Waals surface area contributed by atoms with Crippen LogP contribution >= 0.6 is 0 Å². The molecule has 0 fully saturated rings. The topological polar surface area (TPSA) is 42.4 Å². The number of aliphatic hydroxyl groups excluding tert-OH is 1. The van der Waals surface area contributed by atoms with Crippen molar-refractivity contribution in [3.63, 3.8) is 0 Å². The van der Waals surface area contributed by atoms with Crippen LogP contribution in [-0.4, -0.2) is 10.1 Å². The lowest BCUT2D eigenvalue weighted by Gasteiger charge is -2.11. The van der Waals surface area contributed by atoms with Crippen LogP contribution in [0.3, 0.4) is 0 Å². The van der Waals surface area contributed by atoms with E-state index in [4.69, 9.17) is 4.74 Å². The Bertz CT molecular complexity index is 802. The van der Waals surface area contributed by atoms with Crippen molar-refractivity contribution in [2.24, 2.45) is 0 Å².